The van der Waals surface area contributed by atoms with Crippen molar-refractivity contribution in [2.24, 2.45) is 5.92 Å². The molecule has 1 aromatic rings. The highest BCUT2D eigenvalue weighted by Crippen LogP contribution is 2.47. The molecule has 1 aromatic carbocycles. The number of hydrogen-bond donors (Lipinski definition) is 1. The van der Waals surface area contributed by atoms with Crippen LogP contribution in [-0.4, -0.2) is 59.2 Å². The van der Waals surface area contributed by atoms with Crippen LogP contribution in [0.2, 0.25) is 0 Å². The van der Waals surface area contributed by atoms with E-state index in [1.807, 2.05) is 6.92 Å². The minimum absolute atomic E-state index is 0.0230. The predicted molar refractivity (Wildman–Crippen MR) is 113 cm³/mol. The monoisotopic (exact) mass is 437 g/mol. The van der Waals surface area contributed by atoms with Crippen molar-refractivity contribution in [1.82, 2.24) is 9.21 Å². The molecule has 4 rings (SSSR count). The molecule has 9 heteroatoms. The number of nitrogens with zero attached hydrogens (tertiary/aromatic N) is 2. The lowest BCUT2D eigenvalue weighted by Gasteiger charge is -2.30. The molecule has 3 heterocycles. The second kappa shape index (κ2) is 7.59. The predicted octanol–water partition coefficient (Wildman–Crippen LogP) is 2.50. The Bertz CT molecular complexity index is 918. The van der Waals surface area contributed by atoms with E-state index in [1.165, 1.54) is 0 Å². The highest BCUT2D eigenvalue weighted by Gasteiger charge is 2.52. The second-order valence-electron chi connectivity index (χ2n) is 8.39. The molecule has 2 amide bonds. The Morgan fingerprint density at radius 2 is 2.00 bits per heavy atom. The lowest BCUT2D eigenvalue weighted by atomic mass is 10.0. The molecule has 158 valence electrons. The molecule has 0 radical (unpaired) electrons. The maximum absolute atomic E-state index is 12.9. The molecule has 0 spiro atoms. The molecule has 3 fully saturated rings. The van der Waals surface area contributed by atoms with E-state index in [9.17, 15) is 18.0 Å². The molecule has 0 saturated carbocycles. The number of thioether (sulfide) groups is 1. The zero-order valence-corrected chi connectivity index (χ0v) is 18.4. The second-order valence-corrected chi connectivity index (χ2v) is 11.8. The van der Waals surface area contributed by atoms with Gasteiger partial charge in [0.15, 0.2) is 0 Å². The van der Waals surface area contributed by atoms with Crippen molar-refractivity contribution in [3.8, 4) is 0 Å². The Morgan fingerprint density at radius 1 is 1.28 bits per heavy atom. The number of rotatable bonds is 4. The van der Waals surface area contributed by atoms with Crippen LogP contribution in [0.15, 0.2) is 29.2 Å². The number of sulfonamides is 1. The maximum Gasteiger partial charge on any atom is 0.248 e. The molecule has 3 saturated heterocycles. The Balaban J connectivity index is 1.45. The fourth-order valence-corrected chi connectivity index (χ4v) is 7.49. The van der Waals surface area contributed by atoms with Crippen molar-refractivity contribution in [2.75, 3.05) is 24.2 Å². The molecule has 0 unspecified atom stereocenters. The van der Waals surface area contributed by atoms with Gasteiger partial charge in [0.05, 0.1) is 9.77 Å². The molecule has 0 aromatic heterocycles. The van der Waals surface area contributed by atoms with E-state index in [-0.39, 0.29) is 21.6 Å². The number of carbonyl (C=O) groups is 2. The van der Waals surface area contributed by atoms with Crippen molar-refractivity contribution in [3.63, 3.8) is 0 Å². The number of anilines is 1. The average molecular weight is 438 g/mol. The SMILES string of the molecule is C[C@@H]1CCCN(S(=O)(=O)c2ccc(NC(=O)[C@H]3CS[C@]4(C)CCC(=O)N34)cc2)C1. The molecular formula is C20H27N3O4S2. The van der Waals surface area contributed by atoms with E-state index in [4.69, 9.17) is 0 Å². The number of benzene rings is 1. The van der Waals surface area contributed by atoms with Gasteiger partial charge in [0.1, 0.15) is 6.04 Å². The third kappa shape index (κ3) is 3.80. The molecule has 0 bridgehead atoms. The van der Waals surface area contributed by atoms with E-state index >= 15 is 0 Å². The highest BCUT2D eigenvalue weighted by molar-refractivity contribution is 8.01. The zero-order chi connectivity index (χ0) is 20.8. The van der Waals surface area contributed by atoms with Crippen molar-refractivity contribution in [3.05, 3.63) is 24.3 Å². The summed E-state index contributed by atoms with van der Waals surface area (Å²) in [6.07, 6.45) is 3.17. The Labute approximate surface area is 176 Å². The van der Waals surface area contributed by atoms with Gasteiger partial charge in [-0.25, -0.2) is 8.42 Å². The fourth-order valence-electron chi connectivity index (χ4n) is 4.46. The van der Waals surface area contributed by atoms with Crippen LogP contribution in [0.25, 0.3) is 0 Å². The average Bonchev–Trinajstić information content (AvgIpc) is 3.18. The largest absolute Gasteiger partial charge is 0.324 e. The fraction of sp³-hybridized carbons (Fsp3) is 0.600. The number of nitrogens with one attached hydrogen (secondary N) is 1. The normalized spacial score (nSPS) is 30.4. The molecule has 3 atom stereocenters. The van der Waals surface area contributed by atoms with Crippen molar-refractivity contribution in [2.45, 2.75) is 55.3 Å². The minimum atomic E-state index is -3.52. The Hall–Kier alpha value is -1.58. The topological polar surface area (TPSA) is 86.8 Å². The van der Waals surface area contributed by atoms with E-state index < -0.39 is 16.1 Å². The first-order valence-electron chi connectivity index (χ1n) is 10.1. The summed E-state index contributed by atoms with van der Waals surface area (Å²) < 4.78 is 27.3. The highest BCUT2D eigenvalue weighted by atomic mass is 32.2. The molecule has 1 N–H and O–H groups in total. The summed E-state index contributed by atoms with van der Waals surface area (Å²) in [6.45, 7) is 5.17. The first kappa shape index (κ1) is 20.7. The van der Waals surface area contributed by atoms with Gasteiger partial charge in [-0.2, -0.15) is 4.31 Å². The first-order valence-corrected chi connectivity index (χ1v) is 12.5. The van der Waals surface area contributed by atoms with Gasteiger partial charge in [-0.05, 0) is 56.4 Å². The molecule has 7 nitrogen and oxygen atoms in total. The van der Waals surface area contributed by atoms with Crippen LogP contribution < -0.4 is 5.32 Å². The zero-order valence-electron chi connectivity index (χ0n) is 16.8. The smallest absolute Gasteiger partial charge is 0.248 e. The van der Waals surface area contributed by atoms with Gasteiger partial charge in [-0.15, -0.1) is 11.8 Å². The molecular weight excluding hydrogens is 410 g/mol. The molecule has 0 aliphatic carbocycles. The number of amides is 2. The van der Waals surface area contributed by atoms with Crippen LogP contribution in [0.4, 0.5) is 5.69 Å². The van der Waals surface area contributed by atoms with Gasteiger partial charge in [-0.1, -0.05) is 6.92 Å². The Morgan fingerprint density at radius 3 is 2.69 bits per heavy atom. The lowest BCUT2D eigenvalue weighted by molar-refractivity contribution is -0.135. The van der Waals surface area contributed by atoms with Crippen LogP contribution in [-0.2, 0) is 19.6 Å². The summed E-state index contributed by atoms with van der Waals surface area (Å²) in [4.78, 5) is 26.6. The van der Waals surface area contributed by atoms with Crippen LogP contribution in [0.5, 0.6) is 0 Å². The molecule has 29 heavy (non-hydrogen) atoms. The minimum Gasteiger partial charge on any atom is -0.324 e. The maximum atomic E-state index is 12.9. The summed E-state index contributed by atoms with van der Waals surface area (Å²) in [7, 11) is -3.52. The van der Waals surface area contributed by atoms with Gasteiger partial charge in [0, 0.05) is 31.0 Å². The summed E-state index contributed by atoms with van der Waals surface area (Å²) in [5, 5.41) is 2.84. The number of piperidine rings is 1. The lowest BCUT2D eigenvalue weighted by Crippen LogP contribution is -2.48. The van der Waals surface area contributed by atoms with E-state index in [1.54, 1.807) is 45.2 Å². The summed E-state index contributed by atoms with van der Waals surface area (Å²) >= 11 is 1.65. The van der Waals surface area contributed by atoms with E-state index in [2.05, 4.69) is 12.2 Å². The van der Waals surface area contributed by atoms with Crippen molar-refractivity contribution < 1.29 is 18.0 Å². The quantitative estimate of drug-likeness (QED) is 0.782. The third-order valence-electron chi connectivity index (χ3n) is 6.13. The van der Waals surface area contributed by atoms with E-state index in [0.717, 1.165) is 19.3 Å². The third-order valence-corrected chi connectivity index (χ3v) is 9.51. The van der Waals surface area contributed by atoms with Crippen LogP contribution in [0.3, 0.4) is 0 Å². The van der Waals surface area contributed by atoms with Gasteiger partial charge in [-0.3, -0.25) is 9.59 Å². The first-order chi connectivity index (χ1) is 13.7. The summed E-state index contributed by atoms with van der Waals surface area (Å²) in [5.41, 5.74) is 0.534. The molecule has 3 aliphatic heterocycles. The Kier molecular flexibility index (Phi) is 5.41. The number of hydrogen-bond acceptors (Lipinski definition) is 5. The summed E-state index contributed by atoms with van der Waals surface area (Å²) in [5.74, 6) is 0.736. The summed E-state index contributed by atoms with van der Waals surface area (Å²) in [6, 6.07) is 5.83. The van der Waals surface area contributed by atoms with Crippen molar-refractivity contribution in [1.29, 1.82) is 0 Å². The van der Waals surface area contributed by atoms with Crippen LogP contribution >= 0.6 is 11.8 Å². The number of carbonyl (C=O) groups excluding carboxylic acids is 2. The van der Waals surface area contributed by atoms with Gasteiger partial charge in [0.2, 0.25) is 21.8 Å². The molecule has 3 aliphatic rings. The van der Waals surface area contributed by atoms with Gasteiger partial charge >= 0.3 is 0 Å². The van der Waals surface area contributed by atoms with Crippen molar-refractivity contribution >= 4 is 39.3 Å². The standard InChI is InChI=1S/C20H27N3O4S2/c1-14-4-3-11-22(12-14)29(26,27)16-7-5-15(6-8-16)21-19(25)17-13-28-20(2)10-9-18(24)23(17)20/h5-8,14,17H,3-4,9-13H2,1-2H3,(H,21,25)/t14-,17-,20-/m1/s1. The van der Waals surface area contributed by atoms with Crippen LogP contribution in [0.1, 0.15) is 39.5 Å². The van der Waals surface area contributed by atoms with Gasteiger partial charge in [0.25, 0.3) is 0 Å². The van der Waals surface area contributed by atoms with Crippen LogP contribution in [0, 0.1) is 5.92 Å². The number of fused-ring (bicyclic) bond motifs is 1. The van der Waals surface area contributed by atoms with Gasteiger partial charge < -0.3 is 10.2 Å². The van der Waals surface area contributed by atoms with E-state index in [0.29, 0.717) is 36.9 Å².